The summed E-state index contributed by atoms with van der Waals surface area (Å²) < 4.78 is 20.5. The van der Waals surface area contributed by atoms with Gasteiger partial charge in [0.05, 0.1) is 0 Å². The molecule has 2 N–H and O–H groups in total. The number of hydrogen-bond acceptors (Lipinski definition) is 7. The van der Waals surface area contributed by atoms with Gasteiger partial charge < -0.3 is 19.9 Å². The van der Waals surface area contributed by atoms with Gasteiger partial charge in [-0.05, 0) is 43.8 Å². The van der Waals surface area contributed by atoms with Crippen LogP contribution in [0.4, 0.5) is 10.1 Å². The number of imide groups is 1. The van der Waals surface area contributed by atoms with Crippen LogP contribution in [0.15, 0.2) is 36.4 Å². The molecule has 5 rings (SSSR count). The average Bonchev–Trinajstić information content (AvgIpc) is 3.22. The monoisotopic (exact) mass is 509 g/mol. The second-order valence-corrected chi connectivity index (χ2v) is 9.83. The molecule has 1 atom stereocenters. The summed E-state index contributed by atoms with van der Waals surface area (Å²) in [6.45, 7) is 5.96. The summed E-state index contributed by atoms with van der Waals surface area (Å²) in [7, 11) is 2.12. The summed E-state index contributed by atoms with van der Waals surface area (Å²) in [6, 6.07) is 9.41. The normalized spacial score (nSPS) is 20.6. The molecule has 3 aliphatic rings. The smallest absolute Gasteiger partial charge is 0.255 e. The van der Waals surface area contributed by atoms with Crippen molar-refractivity contribution in [3.63, 3.8) is 0 Å². The fraction of sp³-hybridized carbons (Fsp3) is 0.444. The van der Waals surface area contributed by atoms with Gasteiger partial charge in [0, 0.05) is 74.6 Å². The number of piperidine rings is 1. The zero-order chi connectivity index (χ0) is 25.9. The van der Waals surface area contributed by atoms with Crippen molar-refractivity contribution in [2.45, 2.75) is 32.0 Å². The van der Waals surface area contributed by atoms with Crippen LogP contribution in [0, 0.1) is 5.82 Å². The van der Waals surface area contributed by atoms with Crippen molar-refractivity contribution >= 4 is 23.4 Å². The molecule has 196 valence electrons. The van der Waals surface area contributed by atoms with Gasteiger partial charge in [-0.2, -0.15) is 0 Å². The van der Waals surface area contributed by atoms with Crippen molar-refractivity contribution in [1.29, 1.82) is 0 Å². The van der Waals surface area contributed by atoms with Crippen LogP contribution < -0.4 is 15.4 Å². The van der Waals surface area contributed by atoms with Gasteiger partial charge >= 0.3 is 0 Å². The highest BCUT2D eigenvalue weighted by atomic mass is 19.1. The topological polar surface area (TPSA) is 94.2 Å². The maximum Gasteiger partial charge on any atom is 0.255 e. The lowest BCUT2D eigenvalue weighted by Crippen LogP contribution is -2.52. The maximum absolute atomic E-state index is 14.6. The first-order valence-electron chi connectivity index (χ1n) is 12.7. The highest BCUT2D eigenvalue weighted by Crippen LogP contribution is 2.32. The van der Waals surface area contributed by atoms with E-state index in [0.717, 1.165) is 38.3 Å². The van der Waals surface area contributed by atoms with E-state index >= 15 is 0 Å². The van der Waals surface area contributed by atoms with Crippen molar-refractivity contribution in [1.82, 2.24) is 20.0 Å². The minimum atomic E-state index is -0.678. The summed E-state index contributed by atoms with van der Waals surface area (Å²) in [6.07, 6.45) is 0.509. The predicted octanol–water partition coefficient (Wildman–Crippen LogP) is 1.83. The van der Waals surface area contributed by atoms with Crippen LogP contribution in [0.25, 0.3) is 0 Å². The number of nitrogens with zero attached hydrogens (tertiary/aromatic N) is 3. The largest absolute Gasteiger partial charge is 0.492 e. The lowest BCUT2D eigenvalue weighted by Gasteiger charge is -2.32. The van der Waals surface area contributed by atoms with E-state index in [2.05, 4.69) is 27.5 Å². The second-order valence-electron chi connectivity index (χ2n) is 9.83. The Labute approximate surface area is 215 Å². The molecule has 2 saturated heterocycles. The standard InChI is InChI=1S/C27H32FN5O4/c1-31-9-11-32(12-10-31)13-14-37-19-5-6-22(28)18(15-19)16-29-23-4-2-3-20-21(23)17-33(27(20)36)24-7-8-25(34)30-26(24)35/h2-6,15,24,29H,7-14,16-17H2,1H3,(H,30,34,35). The molecule has 2 aromatic carbocycles. The van der Waals surface area contributed by atoms with Crippen LogP contribution in [-0.4, -0.2) is 84.8 Å². The number of rotatable bonds is 8. The molecule has 3 aliphatic heterocycles. The third-order valence-electron chi connectivity index (χ3n) is 7.34. The number of anilines is 1. The first-order chi connectivity index (χ1) is 17.9. The van der Waals surface area contributed by atoms with E-state index in [-0.39, 0.29) is 37.1 Å². The van der Waals surface area contributed by atoms with Crippen molar-refractivity contribution in [2.75, 3.05) is 51.7 Å². The fourth-order valence-corrected chi connectivity index (χ4v) is 5.08. The molecule has 0 radical (unpaired) electrons. The van der Waals surface area contributed by atoms with E-state index < -0.39 is 11.9 Å². The molecule has 3 heterocycles. The van der Waals surface area contributed by atoms with Crippen molar-refractivity contribution < 1.29 is 23.5 Å². The SMILES string of the molecule is CN1CCN(CCOc2ccc(F)c(CNc3cccc4c3CN(C3CCC(=O)NC3=O)C4=O)c2)CC1. The number of hydrogen-bond donors (Lipinski definition) is 2. The van der Waals surface area contributed by atoms with Gasteiger partial charge in [-0.1, -0.05) is 6.07 Å². The Balaban J connectivity index is 1.21. The molecule has 2 aromatic rings. The van der Waals surface area contributed by atoms with E-state index in [4.69, 9.17) is 4.74 Å². The Hall–Kier alpha value is -3.50. The highest BCUT2D eigenvalue weighted by Gasteiger charge is 2.39. The number of benzene rings is 2. The predicted molar refractivity (Wildman–Crippen MR) is 136 cm³/mol. The number of halogens is 1. The quantitative estimate of drug-likeness (QED) is 0.525. The summed E-state index contributed by atoms with van der Waals surface area (Å²) >= 11 is 0. The minimum Gasteiger partial charge on any atom is -0.492 e. The van der Waals surface area contributed by atoms with Crippen LogP contribution in [0.1, 0.15) is 34.3 Å². The van der Waals surface area contributed by atoms with Crippen molar-refractivity contribution in [3.05, 3.63) is 58.9 Å². The number of nitrogens with one attached hydrogen (secondary N) is 2. The first kappa shape index (κ1) is 25.2. The fourth-order valence-electron chi connectivity index (χ4n) is 5.08. The molecular weight excluding hydrogens is 477 g/mol. The zero-order valence-corrected chi connectivity index (χ0v) is 21.0. The van der Waals surface area contributed by atoms with Gasteiger partial charge in [-0.15, -0.1) is 0 Å². The van der Waals surface area contributed by atoms with Gasteiger partial charge in [0.2, 0.25) is 11.8 Å². The third-order valence-corrected chi connectivity index (χ3v) is 7.34. The lowest BCUT2D eigenvalue weighted by atomic mass is 10.0. The number of likely N-dealkylation sites (N-methyl/N-ethyl adjacent to an activating group) is 1. The Bertz CT molecular complexity index is 1200. The Morgan fingerprint density at radius 2 is 1.92 bits per heavy atom. The molecule has 2 fully saturated rings. The van der Waals surface area contributed by atoms with E-state index in [1.165, 1.54) is 11.0 Å². The van der Waals surface area contributed by atoms with Crippen molar-refractivity contribution in [3.8, 4) is 5.75 Å². The van der Waals surface area contributed by atoms with Crippen LogP contribution in [-0.2, 0) is 22.7 Å². The number of carbonyl (C=O) groups excluding carboxylic acids is 3. The molecule has 0 saturated carbocycles. The molecule has 10 heteroatoms. The van der Waals surface area contributed by atoms with Gasteiger partial charge in [0.15, 0.2) is 0 Å². The zero-order valence-electron chi connectivity index (χ0n) is 21.0. The molecule has 3 amide bonds. The molecule has 37 heavy (non-hydrogen) atoms. The number of ether oxygens (including phenoxy) is 1. The van der Waals surface area contributed by atoms with Crippen LogP contribution in [0.2, 0.25) is 0 Å². The van der Waals surface area contributed by atoms with E-state index in [0.29, 0.717) is 35.6 Å². The molecular formula is C27H32FN5O4. The Kier molecular flexibility index (Phi) is 7.38. The average molecular weight is 510 g/mol. The summed E-state index contributed by atoms with van der Waals surface area (Å²) in [5.41, 5.74) is 2.44. The molecule has 1 unspecified atom stereocenters. The number of fused-ring (bicyclic) bond motifs is 1. The van der Waals surface area contributed by atoms with E-state index in [9.17, 15) is 18.8 Å². The van der Waals surface area contributed by atoms with E-state index in [1.807, 2.05) is 6.07 Å². The third kappa shape index (κ3) is 5.60. The number of carbonyl (C=O) groups is 3. The molecule has 0 aromatic heterocycles. The Morgan fingerprint density at radius 3 is 2.70 bits per heavy atom. The summed E-state index contributed by atoms with van der Waals surface area (Å²) in [5.74, 6) is -0.730. The van der Waals surface area contributed by atoms with Crippen LogP contribution in [0.5, 0.6) is 5.75 Å². The first-order valence-corrected chi connectivity index (χ1v) is 12.7. The summed E-state index contributed by atoms with van der Waals surface area (Å²) in [4.78, 5) is 43.0. The lowest BCUT2D eigenvalue weighted by molar-refractivity contribution is -0.136. The number of amides is 3. The van der Waals surface area contributed by atoms with Gasteiger partial charge in [-0.3, -0.25) is 24.6 Å². The molecule has 0 spiro atoms. The van der Waals surface area contributed by atoms with Gasteiger partial charge in [0.1, 0.15) is 24.2 Å². The molecule has 0 aliphatic carbocycles. The van der Waals surface area contributed by atoms with Gasteiger partial charge in [-0.25, -0.2) is 4.39 Å². The van der Waals surface area contributed by atoms with Crippen molar-refractivity contribution in [2.24, 2.45) is 0 Å². The second kappa shape index (κ2) is 10.9. The van der Waals surface area contributed by atoms with E-state index in [1.54, 1.807) is 24.3 Å². The minimum absolute atomic E-state index is 0.203. The Morgan fingerprint density at radius 1 is 1.11 bits per heavy atom. The maximum atomic E-state index is 14.6. The summed E-state index contributed by atoms with van der Waals surface area (Å²) in [5, 5.41) is 5.58. The van der Waals surface area contributed by atoms with Crippen LogP contribution >= 0.6 is 0 Å². The highest BCUT2D eigenvalue weighted by molar-refractivity contribution is 6.06. The van der Waals surface area contributed by atoms with Crippen LogP contribution in [0.3, 0.4) is 0 Å². The molecule has 9 nitrogen and oxygen atoms in total. The molecule has 0 bridgehead atoms. The van der Waals surface area contributed by atoms with Gasteiger partial charge in [0.25, 0.3) is 5.91 Å². The number of piperazine rings is 1.